The lowest BCUT2D eigenvalue weighted by atomic mass is 10.1. The van der Waals surface area contributed by atoms with E-state index in [1.54, 1.807) is 12.1 Å². The summed E-state index contributed by atoms with van der Waals surface area (Å²) in [6, 6.07) is 4.84. The fourth-order valence-corrected chi connectivity index (χ4v) is 0.990. The molecule has 4 heteroatoms. The third-order valence-electron chi connectivity index (χ3n) is 1.49. The van der Waals surface area contributed by atoms with Crippen molar-refractivity contribution in [2.75, 3.05) is 5.43 Å². The van der Waals surface area contributed by atoms with Crippen molar-refractivity contribution in [3.05, 3.63) is 29.3 Å². The van der Waals surface area contributed by atoms with Crippen molar-refractivity contribution in [3.8, 4) is 0 Å². The lowest BCUT2D eigenvalue weighted by molar-refractivity contribution is 0.0697. The van der Waals surface area contributed by atoms with Gasteiger partial charge in [-0.25, -0.2) is 4.79 Å². The van der Waals surface area contributed by atoms with Gasteiger partial charge in [-0.05, 0) is 30.7 Å². The average molecular weight is 166 g/mol. The second-order valence-corrected chi connectivity index (χ2v) is 2.54. The molecule has 1 rings (SSSR count). The normalized spacial score (nSPS) is 9.50. The Kier molecular flexibility index (Phi) is 2.30. The van der Waals surface area contributed by atoms with E-state index in [1.807, 2.05) is 6.92 Å². The highest BCUT2D eigenvalue weighted by molar-refractivity contribution is 5.89. The first-order valence-electron chi connectivity index (χ1n) is 3.45. The number of carbonyl (C=O) groups is 1. The van der Waals surface area contributed by atoms with Crippen LogP contribution in [0.2, 0.25) is 0 Å². The maximum Gasteiger partial charge on any atom is 0.335 e. The fraction of sp³-hybridized carbons (Fsp3) is 0.125. The molecule has 1 aromatic carbocycles. The zero-order valence-electron chi connectivity index (χ0n) is 6.66. The molecule has 64 valence electrons. The topological polar surface area (TPSA) is 75.3 Å². The standard InChI is InChI=1S/C8H10N2O2/c1-5-2-6(8(11)12)4-7(3-5)10-9/h2-4,10H,9H2,1H3,(H,11,12). The Morgan fingerprint density at radius 2 is 2.17 bits per heavy atom. The first kappa shape index (κ1) is 8.55. The molecule has 0 aliphatic carbocycles. The fourth-order valence-electron chi connectivity index (χ4n) is 0.990. The van der Waals surface area contributed by atoms with E-state index in [2.05, 4.69) is 5.43 Å². The molecule has 12 heavy (non-hydrogen) atoms. The van der Waals surface area contributed by atoms with Crippen molar-refractivity contribution >= 4 is 11.7 Å². The monoisotopic (exact) mass is 166 g/mol. The van der Waals surface area contributed by atoms with Gasteiger partial charge in [-0.2, -0.15) is 0 Å². The molecule has 0 amide bonds. The van der Waals surface area contributed by atoms with Crippen LogP contribution in [0.1, 0.15) is 15.9 Å². The highest BCUT2D eigenvalue weighted by Gasteiger charge is 2.03. The van der Waals surface area contributed by atoms with Crippen LogP contribution in [0.3, 0.4) is 0 Å². The number of aromatic carboxylic acids is 1. The molecule has 0 aliphatic rings. The number of hydrogen-bond donors (Lipinski definition) is 3. The predicted molar refractivity (Wildman–Crippen MR) is 45.9 cm³/mol. The third-order valence-corrected chi connectivity index (χ3v) is 1.49. The summed E-state index contributed by atoms with van der Waals surface area (Å²) < 4.78 is 0. The van der Waals surface area contributed by atoms with Crippen molar-refractivity contribution in [3.63, 3.8) is 0 Å². The van der Waals surface area contributed by atoms with Gasteiger partial charge in [0.15, 0.2) is 0 Å². The molecule has 0 radical (unpaired) electrons. The minimum Gasteiger partial charge on any atom is -0.478 e. The Morgan fingerprint density at radius 3 is 2.67 bits per heavy atom. The molecule has 0 aliphatic heterocycles. The van der Waals surface area contributed by atoms with E-state index in [9.17, 15) is 4.79 Å². The first-order valence-corrected chi connectivity index (χ1v) is 3.45. The number of rotatable bonds is 2. The summed E-state index contributed by atoms with van der Waals surface area (Å²) in [4.78, 5) is 10.6. The van der Waals surface area contributed by atoms with Crippen LogP contribution < -0.4 is 11.3 Å². The van der Waals surface area contributed by atoms with Crippen LogP contribution in [-0.2, 0) is 0 Å². The van der Waals surface area contributed by atoms with Gasteiger partial charge in [0.05, 0.1) is 5.56 Å². The van der Waals surface area contributed by atoms with E-state index < -0.39 is 5.97 Å². The molecule has 0 bridgehead atoms. The van der Waals surface area contributed by atoms with Gasteiger partial charge in [-0.3, -0.25) is 5.84 Å². The number of hydrazine groups is 1. The van der Waals surface area contributed by atoms with Crippen LogP contribution >= 0.6 is 0 Å². The van der Waals surface area contributed by atoms with Crippen molar-refractivity contribution in [2.24, 2.45) is 5.84 Å². The maximum atomic E-state index is 10.6. The van der Waals surface area contributed by atoms with E-state index in [-0.39, 0.29) is 5.56 Å². The van der Waals surface area contributed by atoms with Crippen molar-refractivity contribution in [2.45, 2.75) is 6.92 Å². The summed E-state index contributed by atoms with van der Waals surface area (Å²) in [6.07, 6.45) is 0. The molecular formula is C8H10N2O2. The van der Waals surface area contributed by atoms with Gasteiger partial charge in [-0.1, -0.05) is 0 Å². The molecule has 4 nitrogen and oxygen atoms in total. The van der Waals surface area contributed by atoms with Crippen LogP contribution in [0, 0.1) is 6.92 Å². The number of anilines is 1. The molecule has 0 saturated carbocycles. The Bertz CT molecular complexity index is 310. The van der Waals surface area contributed by atoms with Gasteiger partial charge in [0.25, 0.3) is 0 Å². The Labute approximate surface area is 70.0 Å². The van der Waals surface area contributed by atoms with Gasteiger partial charge in [0.1, 0.15) is 0 Å². The van der Waals surface area contributed by atoms with Gasteiger partial charge in [-0.15, -0.1) is 0 Å². The summed E-state index contributed by atoms with van der Waals surface area (Å²) in [5.74, 6) is 4.20. The summed E-state index contributed by atoms with van der Waals surface area (Å²) in [5.41, 5.74) is 4.11. The number of carboxylic acid groups (broad SMARTS) is 1. The van der Waals surface area contributed by atoms with Gasteiger partial charge in [0, 0.05) is 5.69 Å². The number of nitrogens with two attached hydrogens (primary N) is 1. The summed E-state index contributed by atoms with van der Waals surface area (Å²) >= 11 is 0. The van der Waals surface area contributed by atoms with E-state index in [0.717, 1.165) is 5.56 Å². The number of nitrogen functional groups attached to an aromatic ring is 1. The van der Waals surface area contributed by atoms with Gasteiger partial charge in [0.2, 0.25) is 0 Å². The second kappa shape index (κ2) is 3.23. The molecule has 0 aromatic heterocycles. The van der Waals surface area contributed by atoms with Crippen LogP contribution in [0.15, 0.2) is 18.2 Å². The first-order chi connectivity index (χ1) is 5.63. The van der Waals surface area contributed by atoms with Crippen molar-refractivity contribution in [1.82, 2.24) is 0 Å². The smallest absolute Gasteiger partial charge is 0.335 e. The maximum absolute atomic E-state index is 10.6. The average Bonchev–Trinajstić information content (AvgIpc) is 2.03. The van der Waals surface area contributed by atoms with Crippen LogP contribution in [0.25, 0.3) is 0 Å². The van der Waals surface area contributed by atoms with E-state index >= 15 is 0 Å². The zero-order valence-corrected chi connectivity index (χ0v) is 6.66. The molecule has 0 saturated heterocycles. The van der Waals surface area contributed by atoms with E-state index in [0.29, 0.717) is 5.69 Å². The lowest BCUT2D eigenvalue weighted by Gasteiger charge is -2.02. The number of benzene rings is 1. The van der Waals surface area contributed by atoms with Crippen molar-refractivity contribution < 1.29 is 9.90 Å². The predicted octanol–water partition coefficient (Wildman–Crippen LogP) is 0.979. The van der Waals surface area contributed by atoms with Crippen LogP contribution in [0.4, 0.5) is 5.69 Å². The van der Waals surface area contributed by atoms with Crippen LogP contribution in [0.5, 0.6) is 0 Å². The summed E-state index contributed by atoms with van der Waals surface area (Å²) in [5, 5.41) is 8.66. The molecular weight excluding hydrogens is 156 g/mol. The van der Waals surface area contributed by atoms with Gasteiger partial charge < -0.3 is 10.5 Å². The quantitative estimate of drug-likeness (QED) is 0.452. The van der Waals surface area contributed by atoms with E-state index in [1.165, 1.54) is 6.07 Å². The Balaban J connectivity index is 3.15. The van der Waals surface area contributed by atoms with Crippen molar-refractivity contribution in [1.29, 1.82) is 0 Å². The second-order valence-electron chi connectivity index (χ2n) is 2.54. The zero-order chi connectivity index (χ0) is 9.14. The lowest BCUT2D eigenvalue weighted by Crippen LogP contribution is -2.08. The largest absolute Gasteiger partial charge is 0.478 e. The van der Waals surface area contributed by atoms with Crippen LogP contribution in [-0.4, -0.2) is 11.1 Å². The SMILES string of the molecule is Cc1cc(NN)cc(C(=O)O)c1. The number of carboxylic acids is 1. The van der Waals surface area contributed by atoms with Gasteiger partial charge >= 0.3 is 5.97 Å². The Hall–Kier alpha value is -1.55. The molecule has 0 heterocycles. The number of aryl methyl sites for hydroxylation is 1. The molecule has 4 N–H and O–H groups in total. The molecule has 0 spiro atoms. The Morgan fingerprint density at radius 1 is 1.50 bits per heavy atom. The molecule has 0 fully saturated rings. The highest BCUT2D eigenvalue weighted by Crippen LogP contribution is 2.12. The summed E-state index contributed by atoms with van der Waals surface area (Å²) in [7, 11) is 0. The summed E-state index contributed by atoms with van der Waals surface area (Å²) in [6.45, 7) is 1.81. The molecule has 1 aromatic rings. The van der Waals surface area contributed by atoms with E-state index in [4.69, 9.17) is 10.9 Å². The highest BCUT2D eigenvalue weighted by atomic mass is 16.4. The number of hydrogen-bond acceptors (Lipinski definition) is 3. The molecule has 0 atom stereocenters. The number of nitrogens with one attached hydrogen (secondary N) is 1. The minimum absolute atomic E-state index is 0.239. The minimum atomic E-state index is -0.949. The molecule has 0 unspecified atom stereocenters. The third kappa shape index (κ3) is 1.73.